The minimum atomic E-state index is -0.376. The van der Waals surface area contributed by atoms with Crippen LogP contribution in [0.4, 0.5) is 0 Å². The number of hydrogen-bond donors (Lipinski definition) is 1. The number of nitrogens with zero attached hydrogens (tertiary/aromatic N) is 1. The van der Waals surface area contributed by atoms with Crippen molar-refractivity contribution in [3.05, 3.63) is 68.1 Å². The van der Waals surface area contributed by atoms with Crippen molar-refractivity contribution in [2.24, 2.45) is 0 Å². The molecule has 6 heteroatoms. The predicted molar refractivity (Wildman–Crippen MR) is 84.3 cm³/mol. The van der Waals surface area contributed by atoms with Gasteiger partial charge in [0.1, 0.15) is 5.56 Å². The zero-order valence-electron chi connectivity index (χ0n) is 11.4. The highest BCUT2D eigenvalue weighted by Gasteiger charge is 2.12. The highest BCUT2D eigenvalue weighted by molar-refractivity contribution is 6.35. The zero-order valence-corrected chi connectivity index (χ0v) is 12.9. The first-order chi connectivity index (χ1) is 10.0. The zero-order chi connectivity index (χ0) is 15.4. The van der Waals surface area contributed by atoms with E-state index in [1.807, 2.05) is 0 Å². The highest BCUT2D eigenvalue weighted by atomic mass is 35.5. The molecule has 2 rings (SSSR count). The Labute approximate surface area is 132 Å². The molecule has 0 spiro atoms. The van der Waals surface area contributed by atoms with Gasteiger partial charge in [-0.15, -0.1) is 0 Å². The van der Waals surface area contributed by atoms with Crippen LogP contribution >= 0.6 is 23.2 Å². The molecular weight excluding hydrogens is 311 g/mol. The number of nitrogens with one attached hydrogen (secondary N) is 1. The Morgan fingerprint density at radius 1 is 1.29 bits per heavy atom. The third kappa shape index (κ3) is 3.65. The van der Waals surface area contributed by atoms with E-state index in [1.54, 1.807) is 37.4 Å². The van der Waals surface area contributed by atoms with Crippen molar-refractivity contribution in [2.45, 2.75) is 13.5 Å². The molecule has 0 fully saturated rings. The van der Waals surface area contributed by atoms with Crippen molar-refractivity contribution < 1.29 is 4.79 Å². The molecule has 0 radical (unpaired) electrons. The highest BCUT2D eigenvalue weighted by Crippen LogP contribution is 2.21. The largest absolute Gasteiger partial charge is 0.352 e. The summed E-state index contributed by atoms with van der Waals surface area (Å²) in [4.78, 5) is 24.1. The molecule has 1 heterocycles. The maximum Gasteiger partial charge on any atom is 0.263 e. The van der Waals surface area contributed by atoms with Crippen LogP contribution < -0.4 is 10.9 Å². The van der Waals surface area contributed by atoms with Gasteiger partial charge in [0.2, 0.25) is 0 Å². The first-order valence-corrected chi connectivity index (χ1v) is 7.20. The van der Waals surface area contributed by atoms with E-state index in [9.17, 15) is 9.59 Å². The molecule has 1 aromatic carbocycles. The Kier molecular flexibility index (Phi) is 5.04. The van der Waals surface area contributed by atoms with E-state index in [-0.39, 0.29) is 23.6 Å². The summed E-state index contributed by atoms with van der Waals surface area (Å²) >= 11 is 12.0. The van der Waals surface area contributed by atoms with Gasteiger partial charge < -0.3 is 9.88 Å². The van der Waals surface area contributed by atoms with Gasteiger partial charge >= 0.3 is 0 Å². The standard InChI is InChI=1S/C15H14Cl2N2O2/c1-2-18-14(20)12-4-3-7-19(15(12)21)9-10-5-6-11(16)8-13(10)17/h3-8H,2,9H2,1H3,(H,18,20). The summed E-state index contributed by atoms with van der Waals surface area (Å²) in [6.07, 6.45) is 1.62. The first-order valence-electron chi connectivity index (χ1n) is 6.44. The Morgan fingerprint density at radius 3 is 2.71 bits per heavy atom. The Balaban J connectivity index is 2.35. The number of aromatic nitrogens is 1. The summed E-state index contributed by atoms with van der Waals surface area (Å²) in [6, 6.07) is 8.26. The summed E-state index contributed by atoms with van der Waals surface area (Å²) in [5.41, 5.74) is 0.523. The number of amides is 1. The van der Waals surface area contributed by atoms with E-state index >= 15 is 0 Å². The van der Waals surface area contributed by atoms with E-state index in [4.69, 9.17) is 23.2 Å². The summed E-state index contributed by atoms with van der Waals surface area (Å²) in [5.74, 6) is -0.376. The van der Waals surface area contributed by atoms with Crippen molar-refractivity contribution in [2.75, 3.05) is 6.54 Å². The van der Waals surface area contributed by atoms with E-state index in [0.717, 1.165) is 5.56 Å². The molecule has 4 nitrogen and oxygen atoms in total. The van der Waals surface area contributed by atoms with E-state index < -0.39 is 0 Å². The van der Waals surface area contributed by atoms with Gasteiger partial charge in [0, 0.05) is 22.8 Å². The number of pyridine rings is 1. The third-order valence-corrected chi connectivity index (χ3v) is 3.54. The molecule has 1 aromatic heterocycles. The molecule has 1 amide bonds. The summed E-state index contributed by atoms with van der Waals surface area (Å²) in [6.45, 7) is 2.55. The van der Waals surface area contributed by atoms with Crippen molar-refractivity contribution in [1.82, 2.24) is 9.88 Å². The van der Waals surface area contributed by atoms with Gasteiger partial charge in [0.15, 0.2) is 0 Å². The summed E-state index contributed by atoms with van der Waals surface area (Å²) in [7, 11) is 0. The number of hydrogen-bond acceptors (Lipinski definition) is 2. The average Bonchev–Trinajstić information content (AvgIpc) is 2.44. The van der Waals surface area contributed by atoms with Crippen molar-refractivity contribution in [3.8, 4) is 0 Å². The van der Waals surface area contributed by atoms with Crippen LogP contribution in [0.1, 0.15) is 22.8 Å². The first kappa shape index (κ1) is 15.6. The van der Waals surface area contributed by atoms with E-state index in [0.29, 0.717) is 16.6 Å². The van der Waals surface area contributed by atoms with Crippen LogP contribution in [0.25, 0.3) is 0 Å². The van der Waals surface area contributed by atoms with Crippen LogP contribution in [0.2, 0.25) is 10.0 Å². The lowest BCUT2D eigenvalue weighted by Crippen LogP contribution is -2.32. The lowest BCUT2D eigenvalue weighted by molar-refractivity contribution is 0.0953. The monoisotopic (exact) mass is 324 g/mol. The third-order valence-electron chi connectivity index (χ3n) is 2.96. The fourth-order valence-corrected chi connectivity index (χ4v) is 2.39. The van der Waals surface area contributed by atoms with Crippen LogP contribution in [0.5, 0.6) is 0 Å². The Morgan fingerprint density at radius 2 is 2.05 bits per heavy atom. The normalized spacial score (nSPS) is 10.4. The molecule has 1 N–H and O–H groups in total. The van der Waals surface area contributed by atoms with Crippen molar-refractivity contribution in [3.63, 3.8) is 0 Å². The van der Waals surface area contributed by atoms with Gasteiger partial charge in [-0.25, -0.2) is 0 Å². The van der Waals surface area contributed by atoms with Gasteiger partial charge in [-0.1, -0.05) is 29.3 Å². The lowest BCUT2D eigenvalue weighted by atomic mass is 10.2. The molecule has 0 saturated heterocycles. The molecule has 0 saturated carbocycles. The maximum atomic E-state index is 12.3. The molecule has 0 bridgehead atoms. The van der Waals surface area contributed by atoms with Crippen molar-refractivity contribution >= 4 is 29.1 Å². The van der Waals surface area contributed by atoms with Crippen molar-refractivity contribution in [1.29, 1.82) is 0 Å². The van der Waals surface area contributed by atoms with Crippen LogP contribution in [0.15, 0.2) is 41.3 Å². The molecule has 2 aromatic rings. The maximum absolute atomic E-state index is 12.3. The molecule has 21 heavy (non-hydrogen) atoms. The minimum Gasteiger partial charge on any atom is -0.352 e. The second-order valence-electron chi connectivity index (χ2n) is 4.45. The molecule has 0 aliphatic rings. The molecule has 0 aliphatic heterocycles. The van der Waals surface area contributed by atoms with E-state index in [2.05, 4.69) is 5.32 Å². The number of carbonyl (C=O) groups is 1. The van der Waals surface area contributed by atoms with E-state index in [1.165, 1.54) is 10.6 Å². The average molecular weight is 325 g/mol. The SMILES string of the molecule is CCNC(=O)c1cccn(Cc2ccc(Cl)cc2Cl)c1=O. The summed E-state index contributed by atoms with van der Waals surface area (Å²) in [5, 5.41) is 3.64. The van der Waals surface area contributed by atoms with Gasteiger partial charge in [-0.3, -0.25) is 9.59 Å². The van der Waals surface area contributed by atoms with Crippen LogP contribution in [-0.4, -0.2) is 17.0 Å². The molecule has 0 unspecified atom stereocenters. The lowest BCUT2D eigenvalue weighted by Gasteiger charge is -2.09. The number of rotatable bonds is 4. The topological polar surface area (TPSA) is 51.1 Å². The fraction of sp³-hybridized carbons (Fsp3) is 0.200. The van der Waals surface area contributed by atoms with Gasteiger partial charge in [-0.2, -0.15) is 0 Å². The number of benzene rings is 1. The smallest absolute Gasteiger partial charge is 0.263 e. The van der Waals surface area contributed by atoms with Crippen LogP contribution in [0, 0.1) is 0 Å². The molecule has 110 valence electrons. The molecule has 0 aliphatic carbocycles. The minimum absolute atomic E-state index is 0.115. The molecule has 0 atom stereocenters. The fourth-order valence-electron chi connectivity index (χ4n) is 1.92. The number of halogens is 2. The van der Waals surface area contributed by atoms with Gasteiger partial charge in [-0.05, 0) is 36.8 Å². The van der Waals surface area contributed by atoms with Gasteiger partial charge in [0.05, 0.1) is 6.54 Å². The summed E-state index contributed by atoms with van der Waals surface area (Å²) < 4.78 is 1.44. The Bertz CT molecular complexity index is 726. The number of carbonyl (C=O) groups excluding carboxylic acids is 1. The quantitative estimate of drug-likeness (QED) is 0.940. The van der Waals surface area contributed by atoms with Crippen LogP contribution in [-0.2, 0) is 6.54 Å². The molecular formula is C15H14Cl2N2O2. The second-order valence-corrected chi connectivity index (χ2v) is 5.29. The van der Waals surface area contributed by atoms with Crippen LogP contribution in [0.3, 0.4) is 0 Å². The Hall–Kier alpha value is -1.78. The van der Waals surface area contributed by atoms with Gasteiger partial charge in [0.25, 0.3) is 11.5 Å². The predicted octanol–water partition coefficient (Wildman–Crippen LogP) is 2.95. The second kappa shape index (κ2) is 6.78.